The normalized spacial score (nSPS) is 11.0. The van der Waals surface area contributed by atoms with Crippen LogP contribution in [0.5, 0.6) is 11.5 Å². The number of halogens is 1. The number of rotatable bonds is 9. The van der Waals surface area contributed by atoms with E-state index < -0.39 is 0 Å². The van der Waals surface area contributed by atoms with E-state index in [4.69, 9.17) is 9.47 Å². The van der Waals surface area contributed by atoms with Gasteiger partial charge in [0, 0.05) is 14.9 Å². The summed E-state index contributed by atoms with van der Waals surface area (Å²) in [6.07, 6.45) is 5.56. The van der Waals surface area contributed by atoms with Crippen LogP contribution in [0.3, 0.4) is 0 Å². The van der Waals surface area contributed by atoms with Crippen molar-refractivity contribution in [1.29, 1.82) is 0 Å². The first kappa shape index (κ1) is 21.3. The highest BCUT2D eigenvalue weighted by Gasteiger charge is 2.08. The molecule has 3 aromatic rings. The van der Waals surface area contributed by atoms with E-state index in [9.17, 15) is 4.79 Å². The molecule has 0 unspecified atom stereocenters. The second kappa shape index (κ2) is 10.4. The molecule has 0 aliphatic heterocycles. The van der Waals surface area contributed by atoms with Gasteiger partial charge in [0.15, 0.2) is 5.78 Å². The second-order valence-corrected chi connectivity index (χ2v) is 8.61. The molecular formula is C24H23BrO3S. The Balaban J connectivity index is 1.71. The van der Waals surface area contributed by atoms with E-state index in [0.717, 1.165) is 44.8 Å². The minimum absolute atomic E-state index is 0.0279. The van der Waals surface area contributed by atoms with Gasteiger partial charge in [-0.25, -0.2) is 0 Å². The average Bonchev–Trinajstić information content (AvgIpc) is 3.19. The van der Waals surface area contributed by atoms with E-state index in [-0.39, 0.29) is 5.78 Å². The van der Waals surface area contributed by atoms with Gasteiger partial charge in [-0.3, -0.25) is 4.79 Å². The van der Waals surface area contributed by atoms with Gasteiger partial charge in [-0.1, -0.05) is 47.5 Å². The number of methoxy groups -OCH3 is 1. The van der Waals surface area contributed by atoms with Crippen LogP contribution in [0.2, 0.25) is 0 Å². The topological polar surface area (TPSA) is 35.5 Å². The Morgan fingerprint density at radius 2 is 2.00 bits per heavy atom. The lowest BCUT2D eigenvalue weighted by atomic mass is 10.1. The number of hydrogen-bond acceptors (Lipinski definition) is 4. The number of carbonyl (C=O) groups is 1. The predicted octanol–water partition coefficient (Wildman–Crippen LogP) is 6.95. The van der Waals surface area contributed by atoms with Crippen molar-refractivity contribution < 1.29 is 14.3 Å². The zero-order chi connectivity index (χ0) is 20.6. The Morgan fingerprint density at radius 3 is 2.76 bits per heavy atom. The van der Waals surface area contributed by atoms with Crippen molar-refractivity contribution in [2.75, 3.05) is 7.11 Å². The number of ketones is 1. The quantitative estimate of drug-likeness (QED) is 0.250. The van der Waals surface area contributed by atoms with Crippen LogP contribution in [0, 0.1) is 0 Å². The molecule has 0 aliphatic rings. The van der Waals surface area contributed by atoms with E-state index in [0.29, 0.717) is 6.61 Å². The predicted molar refractivity (Wildman–Crippen MR) is 123 cm³/mol. The molecule has 1 aromatic heterocycles. The number of allylic oxidation sites excluding steroid dienone is 1. The molecule has 29 heavy (non-hydrogen) atoms. The molecule has 3 rings (SSSR count). The molecule has 0 saturated carbocycles. The number of aryl methyl sites for hydroxylation is 1. The third kappa shape index (κ3) is 6.05. The van der Waals surface area contributed by atoms with Crippen LogP contribution < -0.4 is 9.47 Å². The third-order valence-corrected chi connectivity index (χ3v) is 5.98. The fourth-order valence-electron chi connectivity index (χ4n) is 2.88. The second-order valence-electron chi connectivity index (χ2n) is 6.53. The van der Waals surface area contributed by atoms with Crippen LogP contribution in [-0.2, 0) is 13.0 Å². The maximum atomic E-state index is 12.5. The molecule has 5 heteroatoms. The van der Waals surface area contributed by atoms with Crippen molar-refractivity contribution in [3.63, 3.8) is 0 Å². The highest BCUT2D eigenvalue weighted by molar-refractivity contribution is 9.10. The number of benzene rings is 2. The lowest BCUT2D eigenvalue weighted by Crippen LogP contribution is -1.99. The SMILES string of the molecule is CCCc1ccc(C(=O)/C=C/c2ccc(OC)c(COc3cccc(Br)c3)c2)s1. The van der Waals surface area contributed by atoms with E-state index in [1.807, 2.05) is 60.7 Å². The fourth-order valence-corrected chi connectivity index (χ4v) is 4.29. The van der Waals surface area contributed by atoms with Crippen molar-refractivity contribution in [3.05, 3.63) is 86.0 Å². The van der Waals surface area contributed by atoms with Crippen molar-refractivity contribution >= 4 is 39.1 Å². The Bertz CT molecular complexity index is 1010. The van der Waals surface area contributed by atoms with Gasteiger partial charge in [0.1, 0.15) is 18.1 Å². The molecular weight excluding hydrogens is 448 g/mol. The Labute approximate surface area is 184 Å². The van der Waals surface area contributed by atoms with Crippen LogP contribution in [0.1, 0.15) is 39.0 Å². The summed E-state index contributed by atoms with van der Waals surface area (Å²) in [4.78, 5) is 14.5. The lowest BCUT2D eigenvalue weighted by molar-refractivity contribution is 0.105. The van der Waals surface area contributed by atoms with Gasteiger partial charge in [0.25, 0.3) is 0 Å². The number of ether oxygens (including phenoxy) is 2. The lowest BCUT2D eigenvalue weighted by Gasteiger charge is -2.11. The van der Waals surface area contributed by atoms with Gasteiger partial charge in [-0.2, -0.15) is 0 Å². The standard InChI is InChI=1S/C24H23BrO3S/c1-3-5-21-10-13-24(29-21)22(26)11-8-17-9-12-23(27-2)18(14-17)16-28-20-7-4-6-19(25)15-20/h4,6-15H,3,5,16H2,1-2H3/b11-8+. The molecule has 0 amide bonds. The number of hydrogen-bond donors (Lipinski definition) is 0. The van der Waals surface area contributed by atoms with Gasteiger partial charge < -0.3 is 9.47 Å². The van der Waals surface area contributed by atoms with E-state index in [1.54, 1.807) is 24.5 Å². The van der Waals surface area contributed by atoms with Crippen LogP contribution in [-0.4, -0.2) is 12.9 Å². The molecule has 0 radical (unpaired) electrons. The van der Waals surface area contributed by atoms with Gasteiger partial charge in [0.2, 0.25) is 0 Å². The minimum atomic E-state index is 0.0279. The molecule has 3 nitrogen and oxygen atoms in total. The van der Waals surface area contributed by atoms with Gasteiger partial charge >= 0.3 is 0 Å². The van der Waals surface area contributed by atoms with Gasteiger partial charge in [-0.15, -0.1) is 11.3 Å². The van der Waals surface area contributed by atoms with E-state index >= 15 is 0 Å². The summed E-state index contributed by atoms with van der Waals surface area (Å²) < 4.78 is 12.3. The Morgan fingerprint density at radius 1 is 1.14 bits per heavy atom. The van der Waals surface area contributed by atoms with Crippen LogP contribution in [0.4, 0.5) is 0 Å². The molecule has 0 N–H and O–H groups in total. The molecule has 1 heterocycles. The summed E-state index contributed by atoms with van der Waals surface area (Å²) in [5, 5.41) is 0. The van der Waals surface area contributed by atoms with Crippen molar-refractivity contribution in [2.45, 2.75) is 26.4 Å². The highest BCUT2D eigenvalue weighted by Crippen LogP contribution is 2.25. The van der Waals surface area contributed by atoms with Crippen molar-refractivity contribution in [1.82, 2.24) is 0 Å². The average molecular weight is 471 g/mol. The molecule has 0 aliphatic carbocycles. The molecule has 0 bridgehead atoms. The van der Waals surface area contributed by atoms with Crippen LogP contribution in [0.15, 0.2) is 65.1 Å². The van der Waals surface area contributed by atoms with Crippen molar-refractivity contribution in [3.8, 4) is 11.5 Å². The van der Waals surface area contributed by atoms with E-state index in [1.165, 1.54) is 4.88 Å². The highest BCUT2D eigenvalue weighted by atomic mass is 79.9. The molecule has 0 spiro atoms. The monoisotopic (exact) mass is 470 g/mol. The molecule has 0 fully saturated rings. The summed E-state index contributed by atoms with van der Waals surface area (Å²) in [5.74, 6) is 1.56. The minimum Gasteiger partial charge on any atom is -0.496 e. The number of thiophene rings is 1. The summed E-state index contributed by atoms with van der Waals surface area (Å²) in [6.45, 7) is 2.52. The molecule has 2 aromatic carbocycles. The zero-order valence-electron chi connectivity index (χ0n) is 16.5. The zero-order valence-corrected chi connectivity index (χ0v) is 18.9. The summed E-state index contributed by atoms with van der Waals surface area (Å²) >= 11 is 5.02. The summed E-state index contributed by atoms with van der Waals surface area (Å²) in [5.41, 5.74) is 1.85. The first-order chi connectivity index (χ1) is 14.1. The number of carbonyl (C=O) groups excluding carboxylic acids is 1. The Kier molecular flexibility index (Phi) is 7.67. The fraction of sp³-hybridized carbons (Fsp3) is 0.208. The third-order valence-electron chi connectivity index (χ3n) is 4.32. The van der Waals surface area contributed by atoms with Gasteiger partial charge in [0.05, 0.1) is 12.0 Å². The summed E-state index contributed by atoms with van der Waals surface area (Å²) in [6, 6.07) is 17.5. The van der Waals surface area contributed by atoms with Gasteiger partial charge in [-0.05, 0) is 60.5 Å². The Hall–Kier alpha value is -2.37. The largest absolute Gasteiger partial charge is 0.496 e. The maximum Gasteiger partial charge on any atom is 0.195 e. The van der Waals surface area contributed by atoms with Crippen LogP contribution >= 0.6 is 27.3 Å². The smallest absolute Gasteiger partial charge is 0.195 e. The van der Waals surface area contributed by atoms with E-state index in [2.05, 4.69) is 22.9 Å². The summed E-state index contributed by atoms with van der Waals surface area (Å²) in [7, 11) is 1.64. The first-order valence-corrected chi connectivity index (χ1v) is 11.1. The first-order valence-electron chi connectivity index (χ1n) is 9.45. The molecule has 0 atom stereocenters. The molecule has 0 saturated heterocycles. The maximum absolute atomic E-state index is 12.5. The van der Waals surface area contributed by atoms with Crippen LogP contribution in [0.25, 0.3) is 6.08 Å². The molecule has 150 valence electrons. The van der Waals surface area contributed by atoms with Crippen molar-refractivity contribution in [2.24, 2.45) is 0 Å².